The first kappa shape index (κ1) is 7.74. The number of aromatic nitrogens is 1. The van der Waals surface area contributed by atoms with E-state index in [1.54, 1.807) is 0 Å². The van der Waals surface area contributed by atoms with E-state index in [9.17, 15) is 5.11 Å². The van der Waals surface area contributed by atoms with E-state index in [0.717, 1.165) is 25.0 Å². The highest BCUT2D eigenvalue weighted by atomic mass is 16.3. The van der Waals surface area contributed by atoms with Gasteiger partial charge in [0.2, 0.25) is 0 Å². The van der Waals surface area contributed by atoms with Gasteiger partial charge in [0.05, 0.1) is 11.8 Å². The molecule has 0 radical (unpaired) electrons. The van der Waals surface area contributed by atoms with Gasteiger partial charge in [-0.05, 0) is 37.3 Å². The zero-order valence-electron chi connectivity index (χ0n) is 7.25. The Balaban J connectivity index is 2.46. The average molecular weight is 163 g/mol. The van der Waals surface area contributed by atoms with E-state index in [1.807, 2.05) is 13.1 Å². The number of fused-ring (bicyclic) bond motifs is 1. The van der Waals surface area contributed by atoms with E-state index in [2.05, 4.69) is 11.1 Å². The lowest BCUT2D eigenvalue weighted by Crippen LogP contribution is -2.11. The van der Waals surface area contributed by atoms with Crippen LogP contribution < -0.4 is 0 Å². The molecule has 12 heavy (non-hydrogen) atoms. The first-order valence-corrected chi connectivity index (χ1v) is 4.41. The Morgan fingerprint density at radius 1 is 1.58 bits per heavy atom. The molecule has 1 aromatic rings. The number of hydrogen-bond donors (Lipinski definition) is 1. The molecule has 1 N–H and O–H groups in total. The lowest BCUT2D eigenvalue weighted by Gasteiger charge is -2.19. The van der Waals surface area contributed by atoms with Crippen LogP contribution in [-0.4, -0.2) is 10.1 Å². The molecule has 2 rings (SSSR count). The Kier molecular flexibility index (Phi) is 1.85. The lowest BCUT2D eigenvalue weighted by atomic mass is 9.93. The van der Waals surface area contributed by atoms with Gasteiger partial charge in [0, 0.05) is 6.20 Å². The number of nitrogens with zero attached hydrogens (tertiary/aromatic N) is 1. The Hall–Kier alpha value is -0.890. The summed E-state index contributed by atoms with van der Waals surface area (Å²) in [4.78, 5) is 4.25. The Bertz CT molecular complexity index is 296. The summed E-state index contributed by atoms with van der Waals surface area (Å²) in [7, 11) is 0. The van der Waals surface area contributed by atoms with Crippen LogP contribution in [0.5, 0.6) is 0 Å². The lowest BCUT2D eigenvalue weighted by molar-refractivity contribution is 0.151. The molecule has 1 aliphatic carbocycles. The molecule has 0 saturated heterocycles. The van der Waals surface area contributed by atoms with Crippen molar-refractivity contribution in [1.82, 2.24) is 4.98 Å². The predicted octanol–water partition coefficient (Wildman–Crippen LogP) is 1.76. The fourth-order valence-corrected chi connectivity index (χ4v) is 1.76. The van der Waals surface area contributed by atoms with Crippen LogP contribution in [0.1, 0.15) is 35.8 Å². The van der Waals surface area contributed by atoms with Gasteiger partial charge in [-0.15, -0.1) is 0 Å². The molecule has 2 heteroatoms. The van der Waals surface area contributed by atoms with Crippen molar-refractivity contribution in [3.8, 4) is 0 Å². The van der Waals surface area contributed by atoms with E-state index in [1.165, 1.54) is 11.1 Å². The summed E-state index contributed by atoms with van der Waals surface area (Å²) in [6, 6.07) is 2.13. The van der Waals surface area contributed by atoms with Crippen molar-refractivity contribution in [3.05, 3.63) is 29.1 Å². The highest BCUT2D eigenvalue weighted by Gasteiger charge is 2.18. The van der Waals surface area contributed by atoms with Crippen LogP contribution in [0.2, 0.25) is 0 Å². The summed E-state index contributed by atoms with van der Waals surface area (Å²) in [6.07, 6.45) is 4.52. The van der Waals surface area contributed by atoms with E-state index in [0.29, 0.717) is 0 Å². The molecule has 0 fully saturated rings. The molecule has 1 unspecified atom stereocenters. The molecule has 2 nitrogen and oxygen atoms in total. The molecule has 1 aliphatic rings. The fourth-order valence-electron chi connectivity index (χ4n) is 1.76. The third-order valence-electron chi connectivity index (χ3n) is 2.38. The van der Waals surface area contributed by atoms with E-state index in [4.69, 9.17) is 0 Å². The molecule has 1 aromatic heterocycles. The maximum atomic E-state index is 9.59. The third-order valence-corrected chi connectivity index (χ3v) is 2.38. The summed E-state index contributed by atoms with van der Waals surface area (Å²) in [5, 5.41) is 9.59. The average Bonchev–Trinajstić information content (AvgIpc) is 2.04. The van der Waals surface area contributed by atoms with Gasteiger partial charge in [-0.25, -0.2) is 0 Å². The smallest absolute Gasteiger partial charge is 0.0962 e. The number of aliphatic hydroxyl groups excluding tert-OH is 1. The molecular formula is C10H13NO. The van der Waals surface area contributed by atoms with E-state index < -0.39 is 0 Å². The van der Waals surface area contributed by atoms with Crippen LogP contribution in [0, 0.1) is 6.92 Å². The van der Waals surface area contributed by atoms with Crippen LogP contribution >= 0.6 is 0 Å². The SMILES string of the molecule is Cc1cnc2c(c1)CCCC2O. The normalized spacial score (nSPS) is 22.0. The fraction of sp³-hybridized carbons (Fsp3) is 0.500. The molecule has 0 aromatic carbocycles. The standard InChI is InChI=1S/C10H13NO/c1-7-5-8-3-2-4-9(12)10(8)11-6-7/h5-6,9,12H,2-4H2,1H3. The van der Waals surface area contributed by atoms with Gasteiger partial charge in [0.15, 0.2) is 0 Å². The van der Waals surface area contributed by atoms with Gasteiger partial charge in [-0.1, -0.05) is 6.07 Å². The summed E-state index contributed by atoms with van der Waals surface area (Å²) < 4.78 is 0. The molecule has 0 amide bonds. The Morgan fingerprint density at radius 2 is 2.42 bits per heavy atom. The van der Waals surface area contributed by atoms with Gasteiger partial charge in [0.1, 0.15) is 0 Å². The molecular weight excluding hydrogens is 150 g/mol. The van der Waals surface area contributed by atoms with Crippen molar-refractivity contribution < 1.29 is 5.11 Å². The van der Waals surface area contributed by atoms with Crippen molar-refractivity contribution in [2.24, 2.45) is 0 Å². The number of aliphatic hydroxyl groups is 1. The van der Waals surface area contributed by atoms with Gasteiger partial charge >= 0.3 is 0 Å². The summed E-state index contributed by atoms with van der Waals surface area (Å²) in [5.74, 6) is 0. The molecule has 0 saturated carbocycles. The highest BCUT2D eigenvalue weighted by Crippen LogP contribution is 2.27. The van der Waals surface area contributed by atoms with E-state index in [-0.39, 0.29) is 6.10 Å². The molecule has 1 heterocycles. The quantitative estimate of drug-likeness (QED) is 0.632. The topological polar surface area (TPSA) is 33.1 Å². The first-order valence-electron chi connectivity index (χ1n) is 4.41. The monoisotopic (exact) mass is 163 g/mol. The van der Waals surface area contributed by atoms with Crippen LogP contribution in [0.15, 0.2) is 12.3 Å². The van der Waals surface area contributed by atoms with Gasteiger partial charge in [-0.2, -0.15) is 0 Å². The van der Waals surface area contributed by atoms with E-state index >= 15 is 0 Å². The molecule has 0 aliphatic heterocycles. The summed E-state index contributed by atoms with van der Waals surface area (Å²) in [6.45, 7) is 2.04. The number of hydrogen-bond acceptors (Lipinski definition) is 2. The van der Waals surface area contributed by atoms with Crippen LogP contribution in [0.4, 0.5) is 0 Å². The second kappa shape index (κ2) is 2.87. The molecule has 64 valence electrons. The zero-order chi connectivity index (χ0) is 8.55. The van der Waals surface area contributed by atoms with Crippen molar-refractivity contribution in [3.63, 3.8) is 0 Å². The van der Waals surface area contributed by atoms with Crippen molar-refractivity contribution in [2.45, 2.75) is 32.3 Å². The highest BCUT2D eigenvalue weighted by molar-refractivity contribution is 5.28. The maximum Gasteiger partial charge on any atom is 0.0962 e. The van der Waals surface area contributed by atoms with Crippen LogP contribution in [0.25, 0.3) is 0 Å². The summed E-state index contributed by atoms with van der Waals surface area (Å²) >= 11 is 0. The minimum atomic E-state index is -0.325. The summed E-state index contributed by atoms with van der Waals surface area (Å²) in [5.41, 5.74) is 3.31. The largest absolute Gasteiger partial charge is 0.387 e. The van der Waals surface area contributed by atoms with Gasteiger partial charge < -0.3 is 5.11 Å². The second-order valence-electron chi connectivity index (χ2n) is 3.47. The van der Waals surface area contributed by atoms with Crippen molar-refractivity contribution in [2.75, 3.05) is 0 Å². The minimum Gasteiger partial charge on any atom is -0.387 e. The molecule has 0 bridgehead atoms. The van der Waals surface area contributed by atoms with Crippen molar-refractivity contribution >= 4 is 0 Å². The Labute approximate surface area is 72.3 Å². The number of aryl methyl sites for hydroxylation is 2. The van der Waals surface area contributed by atoms with Gasteiger partial charge in [0.25, 0.3) is 0 Å². The first-order chi connectivity index (χ1) is 5.77. The zero-order valence-corrected chi connectivity index (χ0v) is 7.25. The Morgan fingerprint density at radius 3 is 3.25 bits per heavy atom. The third kappa shape index (κ3) is 1.23. The molecule has 1 atom stereocenters. The number of rotatable bonds is 0. The minimum absolute atomic E-state index is 0.325. The second-order valence-corrected chi connectivity index (χ2v) is 3.47. The van der Waals surface area contributed by atoms with Crippen LogP contribution in [0.3, 0.4) is 0 Å². The van der Waals surface area contributed by atoms with Crippen LogP contribution in [-0.2, 0) is 6.42 Å². The number of pyridine rings is 1. The van der Waals surface area contributed by atoms with Gasteiger partial charge in [-0.3, -0.25) is 4.98 Å². The maximum absolute atomic E-state index is 9.59. The molecule has 0 spiro atoms. The van der Waals surface area contributed by atoms with Crippen molar-refractivity contribution in [1.29, 1.82) is 0 Å². The predicted molar refractivity (Wildman–Crippen MR) is 46.9 cm³/mol.